The Morgan fingerprint density at radius 3 is 2.18 bits per heavy atom. The van der Waals surface area contributed by atoms with Gasteiger partial charge in [0.05, 0.1) is 0 Å². The van der Waals surface area contributed by atoms with E-state index >= 15 is 0 Å². The first kappa shape index (κ1) is 11.3. The van der Waals surface area contributed by atoms with Gasteiger partial charge < -0.3 is 15.3 Å². The number of phenols is 3. The Hall–Kier alpha value is -2.16. The Kier molecular flexibility index (Phi) is 2.91. The standard InChI is InChI=1S/C14H14O3/c1-2-9-7-8-11(14(17)13(9)16)10-5-3-4-6-12(10)15/h3-8,15-17H,2H2,1H3. The van der Waals surface area contributed by atoms with E-state index in [1.807, 2.05) is 6.92 Å². The van der Waals surface area contributed by atoms with Crippen LogP contribution in [0.25, 0.3) is 11.1 Å². The molecule has 2 aromatic carbocycles. The lowest BCUT2D eigenvalue weighted by atomic mass is 10.00. The SMILES string of the molecule is CCc1ccc(-c2ccccc2O)c(O)c1O. The largest absolute Gasteiger partial charge is 0.507 e. The van der Waals surface area contributed by atoms with E-state index in [0.717, 1.165) is 0 Å². The number of hydrogen-bond donors (Lipinski definition) is 3. The predicted molar refractivity (Wildman–Crippen MR) is 66.3 cm³/mol. The van der Waals surface area contributed by atoms with E-state index in [4.69, 9.17) is 0 Å². The Labute approximate surface area is 99.6 Å². The van der Waals surface area contributed by atoms with Crippen molar-refractivity contribution in [1.82, 2.24) is 0 Å². The molecule has 0 saturated heterocycles. The number of benzene rings is 2. The molecule has 0 fully saturated rings. The first-order chi connectivity index (χ1) is 8.15. The second-order valence-electron chi connectivity index (χ2n) is 3.84. The highest BCUT2D eigenvalue weighted by Crippen LogP contribution is 2.41. The van der Waals surface area contributed by atoms with Crippen LogP contribution in [0.15, 0.2) is 36.4 Å². The third-order valence-electron chi connectivity index (χ3n) is 2.81. The first-order valence-corrected chi connectivity index (χ1v) is 5.47. The van der Waals surface area contributed by atoms with E-state index in [2.05, 4.69) is 0 Å². The zero-order valence-electron chi connectivity index (χ0n) is 9.51. The summed E-state index contributed by atoms with van der Waals surface area (Å²) in [5.41, 5.74) is 1.61. The second-order valence-corrected chi connectivity index (χ2v) is 3.84. The summed E-state index contributed by atoms with van der Waals surface area (Å²) in [6.07, 6.45) is 0.639. The fourth-order valence-corrected chi connectivity index (χ4v) is 1.83. The van der Waals surface area contributed by atoms with Crippen LogP contribution in [0.2, 0.25) is 0 Å². The summed E-state index contributed by atoms with van der Waals surface area (Å²) in [6, 6.07) is 10.1. The fourth-order valence-electron chi connectivity index (χ4n) is 1.83. The Morgan fingerprint density at radius 2 is 1.53 bits per heavy atom. The fraction of sp³-hybridized carbons (Fsp3) is 0.143. The van der Waals surface area contributed by atoms with Crippen LogP contribution in [0.3, 0.4) is 0 Å². The minimum atomic E-state index is -0.189. The quantitative estimate of drug-likeness (QED) is 0.695. The van der Waals surface area contributed by atoms with Gasteiger partial charge in [-0.1, -0.05) is 31.2 Å². The Balaban J connectivity index is 2.62. The number of aryl methyl sites for hydroxylation is 1. The molecule has 0 amide bonds. The van der Waals surface area contributed by atoms with Crippen LogP contribution in [0.1, 0.15) is 12.5 Å². The molecule has 0 spiro atoms. The Bertz CT molecular complexity index is 547. The molecule has 0 unspecified atom stereocenters. The van der Waals surface area contributed by atoms with Crippen LogP contribution in [0, 0.1) is 0 Å². The van der Waals surface area contributed by atoms with Gasteiger partial charge in [0, 0.05) is 11.1 Å². The second kappa shape index (κ2) is 4.37. The van der Waals surface area contributed by atoms with E-state index in [0.29, 0.717) is 23.1 Å². The van der Waals surface area contributed by atoms with Crippen LogP contribution in [0.5, 0.6) is 17.2 Å². The van der Waals surface area contributed by atoms with E-state index in [1.54, 1.807) is 36.4 Å². The first-order valence-electron chi connectivity index (χ1n) is 5.47. The number of hydrogen-bond acceptors (Lipinski definition) is 3. The van der Waals surface area contributed by atoms with Gasteiger partial charge in [-0.3, -0.25) is 0 Å². The van der Waals surface area contributed by atoms with E-state index in [1.165, 1.54) is 0 Å². The smallest absolute Gasteiger partial charge is 0.165 e. The highest BCUT2D eigenvalue weighted by Gasteiger charge is 2.14. The normalized spacial score (nSPS) is 10.4. The van der Waals surface area contributed by atoms with Crippen molar-refractivity contribution in [3.8, 4) is 28.4 Å². The van der Waals surface area contributed by atoms with Crippen LogP contribution in [-0.4, -0.2) is 15.3 Å². The molecule has 0 radical (unpaired) electrons. The summed E-state index contributed by atoms with van der Waals surface area (Å²) < 4.78 is 0. The molecule has 0 aromatic heterocycles. The summed E-state index contributed by atoms with van der Waals surface area (Å²) in [5.74, 6) is -0.231. The maximum absolute atomic E-state index is 9.93. The van der Waals surface area contributed by atoms with Gasteiger partial charge in [-0.05, 0) is 24.1 Å². The van der Waals surface area contributed by atoms with Gasteiger partial charge in [0.15, 0.2) is 11.5 Å². The number of phenolic OH excluding ortho intramolecular Hbond substituents is 3. The van der Waals surface area contributed by atoms with Crippen LogP contribution in [0.4, 0.5) is 0 Å². The van der Waals surface area contributed by atoms with E-state index in [9.17, 15) is 15.3 Å². The highest BCUT2D eigenvalue weighted by atomic mass is 16.3. The minimum absolute atomic E-state index is 0.0754. The molecule has 0 bridgehead atoms. The molecule has 0 aliphatic rings. The van der Waals surface area contributed by atoms with Crippen LogP contribution >= 0.6 is 0 Å². The van der Waals surface area contributed by atoms with Crippen LogP contribution < -0.4 is 0 Å². The minimum Gasteiger partial charge on any atom is -0.507 e. The molecule has 17 heavy (non-hydrogen) atoms. The molecule has 3 nitrogen and oxygen atoms in total. The molecule has 0 saturated carbocycles. The van der Waals surface area contributed by atoms with Gasteiger partial charge in [0.1, 0.15) is 5.75 Å². The van der Waals surface area contributed by atoms with Gasteiger partial charge in [-0.2, -0.15) is 0 Å². The van der Waals surface area contributed by atoms with Crippen molar-refractivity contribution in [3.05, 3.63) is 42.0 Å². The van der Waals surface area contributed by atoms with Gasteiger partial charge >= 0.3 is 0 Å². The molecular weight excluding hydrogens is 216 g/mol. The molecule has 0 aliphatic carbocycles. The molecular formula is C14H14O3. The van der Waals surface area contributed by atoms with Crippen LogP contribution in [-0.2, 0) is 6.42 Å². The monoisotopic (exact) mass is 230 g/mol. The zero-order chi connectivity index (χ0) is 12.4. The van der Waals surface area contributed by atoms with Gasteiger partial charge in [0.25, 0.3) is 0 Å². The lowest BCUT2D eigenvalue weighted by Gasteiger charge is -2.10. The van der Waals surface area contributed by atoms with Crippen molar-refractivity contribution in [2.45, 2.75) is 13.3 Å². The molecule has 3 N–H and O–H groups in total. The molecule has 0 heterocycles. The van der Waals surface area contributed by atoms with Crippen molar-refractivity contribution in [2.24, 2.45) is 0 Å². The summed E-state index contributed by atoms with van der Waals surface area (Å²) in [6.45, 7) is 1.90. The highest BCUT2D eigenvalue weighted by molar-refractivity contribution is 5.78. The summed E-state index contributed by atoms with van der Waals surface area (Å²) in [4.78, 5) is 0. The topological polar surface area (TPSA) is 60.7 Å². The average molecular weight is 230 g/mol. The Morgan fingerprint density at radius 1 is 0.824 bits per heavy atom. The summed E-state index contributed by atoms with van der Waals surface area (Å²) in [7, 11) is 0. The lowest BCUT2D eigenvalue weighted by molar-refractivity contribution is 0.401. The van der Waals surface area contributed by atoms with E-state index in [-0.39, 0.29) is 17.2 Å². The van der Waals surface area contributed by atoms with Crippen molar-refractivity contribution in [2.75, 3.05) is 0 Å². The molecule has 3 heteroatoms. The van der Waals surface area contributed by atoms with Gasteiger partial charge in [-0.15, -0.1) is 0 Å². The van der Waals surface area contributed by atoms with Gasteiger partial charge in [0.2, 0.25) is 0 Å². The zero-order valence-corrected chi connectivity index (χ0v) is 9.51. The summed E-state index contributed by atoms with van der Waals surface area (Å²) >= 11 is 0. The lowest BCUT2D eigenvalue weighted by Crippen LogP contribution is -1.86. The van der Waals surface area contributed by atoms with Crippen molar-refractivity contribution < 1.29 is 15.3 Å². The maximum atomic E-state index is 9.93. The summed E-state index contributed by atoms with van der Waals surface area (Å²) in [5, 5.41) is 29.4. The van der Waals surface area contributed by atoms with Crippen molar-refractivity contribution in [1.29, 1.82) is 0 Å². The molecule has 88 valence electrons. The molecule has 0 atom stereocenters. The maximum Gasteiger partial charge on any atom is 0.165 e. The third kappa shape index (κ3) is 1.91. The molecule has 0 aliphatic heterocycles. The predicted octanol–water partition coefficient (Wildman–Crippen LogP) is 3.03. The van der Waals surface area contributed by atoms with Crippen molar-refractivity contribution in [3.63, 3.8) is 0 Å². The van der Waals surface area contributed by atoms with Crippen molar-refractivity contribution >= 4 is 0 Å². The van der Waals surface area contributed by atoms with Gasteiger partial charge in [-0.25, -0.2) is 0 Å². The molecule has 2 rings (SSSR count). The number of aromatic hydroxyl groups is 3. The van der Waals surface area contributed by atoms with E-state index < -0.39 is 0 Å². The third-order valence-corrected chi connectivity index (χ3v) is 2.81. The number of para-hydroxylation sites is 1. The number of rotatable bonds is 2. The molecule has 2 aromatic rings. The average Bonchev–Trinajstić information content (AvgIpc) is 2.34.